The van der Waals surface area contributed by atoms with Crippen LogP contribution in [0.4, 0.5) is 26.3 Å². The highest BCUT2D eigenvalue weighted by Crippen LogP contribution is 2.38. The standard InChI is InChI=1S/C11H8F6O4S/c1-20-9(18)5-6-2-3-8(7(4-6)10(12,13)14)21-22(19)11(15,16)17/h2-4H,5H2,1H3. The summed E-state index contributed by atoms with van der Waals surface area (Å²) in [5, 5.41) is 0. The van der Waals surface area contributed by atoms with E-state index in [1.807, 2.05) is 0 Å². The van der Waals surface area contributed by atoms with Crippen molar-refractivity contribution in [3.63, 3.8) is 0 Å². The van der Waals surface area contributed by atoms with E-state index in [9.17, 15) is 35.3 Å². The summed E-state index contributed by atoms with van der Waals surface area (Å²) >= 11 is -3.94. The predicted molar refractivity (Wildman–Crippen MR) is 62.0 cm³/mol. The number of esters is 1. The maximum absolute atomic E-state index is 12.8. The molecule has 0 spiro atoms. The Hall–Kier alpha value is -1.78. The van der Waals surface area contributed by atoms with Crippen LogP contribution in [0.1, 0.15) is 11.1 Å². The maximum atomic E-state index is 12.8. The van der Waals surface area contributed by atoms with E-state index in [2.05, 4.69) is 8.92 Å². The first-order valence-electron chi connectivity index (χ1n) is 5.39. The number of rotatable bonds is 4. The fraction of sp³-hybridized carbons (Fsp3) is 0.364. The third-order valence-corrected chi connectivity index (χ3v) is 2.99. The van der Waals surface area contributed by atoms with Crippen LogP contribution in [0.2, 0.25) is 0 Å². The van der Waals surface area contributed by atoms with Gasteiger partial charge in [-0.1, -0.05) is 6.07 Å². The summed E-state index contributed by atoms with van der Waals surface area (Å²) in [7, 11) is 1.02. The molecule has 0 aromatic heterocycles. The molecule has 1 aromatic carbocycles. The number of halogens is 6. The first-order chi connectivity index (χ1) is 9.95. The Kier molecular flexibility index (Phi) is 5.44. The molecule has 0 bridgehead atoms. The molecule has 0 radical (unpaired) electrons. The molecule has 0 aliphatic carbocycles. The van der Waals surface area contributed by atoms with Crippen molar-refractivity contribution in [2.75, 3.05) is 7.11 Å². The Balaban J connectivity index is 3.18. The van der Waals surface area contributed by atoms with Gasteiger partial charge in [0.1, 0.15) is 0 Å². The van der Waals surface area contributed by atoms with Crippen LogP contribution in [0, 0.1) is 0 Å². The quantitative estimate of drug-likeness (QED) is 0.619. The first kappa shape index (κ1) is 18.3. The van der Waals surface area contributed by atoms with Gasteiger partial charge in [0.05, 0.1) is 19.1 Å². The van der Waals surface area contributed by atoms with Crippen molar-refractivity contribution in [2.45, 2.75) is 18.1 Å². The highest BCUT2D eigenvalue weighted by atomic mass is 32.2. The normalized spacial score (nSPS) is 13.6. The topological polar surface area (TPSA) is 52.6 Å². The van der Waals surface area contributed by atoms with E-state index in [1.165, 1.54) is 0 Å². The molecule has 1 unspecified atom stereocenters. The number of carbonyl (C=O) groups excluding carboxylic acids is 1. The molecule has 0 fully saturated rings. The van der Waals surface area contributed by atoms with Gasteiger partial charge in [0.15, 0.2) is 5.75 Å². The van der Waals surface area contributed by atoms with E-state index in [0.717, 1.165) is 13.2 Å². The van der Waals surface area contributed by atoms with E-state index >= 15 is 0 Å². The van der Waals surface area contributed by atoms with Gasteiger partial charge >= 0.3 is 28.7 Å². The Labute approximate surface area is 122 Å². The lowest BCUT2D eigenvalue weighted by Gasteiger charge is -2.15. The molecule has 0 N–H and O–H groups in total. The lowest BCUT2D eigenvalue weighted by molar-refractivity contribution is -0.141. The first-order valence-corrected chi connectivity index (χ1v) is 6.46. The zero-order valence-electron chi connectivity index (χ0n) is 10.7. The monoisotopic (exact) mass is 350 g/mol. The van der Waals surface area contributed by atoms with Gasteiger partial charge in [-0.15, -0.1) is 0 Å². The van der Waals surface area contributed by atoms with Crippen LogP contribution in [0.5, 0.6) is 5.75 Å². The minimum Gasteiger partial charge on any atom is -0.469 e. The zero-order valence-corrected chi connectivity index (χ0v) is 11.6. The van der Waals surface area contributed by atoms with Crippen molar-refractivity contribution in [1.29, 1.82) is 0 Å². The Morgan fingerprint density at radius 2 is 1.77 bits per heavy atom. The number of ether oxygens (including phenoxy) is 1. The van der Waals surface area contributed by atoms with Gasteiger partial charge in [-0.05, 0) is 17.7 Å². The Morgan fingerprint density at radius 1 is 1.18 bits per heavy atom. The predicted octanol–water partition coefficient (Wildman–Crippen LogP) is 2.98. The molecule has 4 nitrogen and oxygen atoms in total. The van der Waals surface area contributed by atoms with Crippen LogP contribution < -0.4 is 4.18 Å². The molecule has 0 saturated carbocycles. The lowest BCUT2D eigenvalue weighted by Crippen LogP contribution is -2.22. The van der Waals surface area contributed by atoms with Gasteiger partial charge < -0.3 is 8.92 Å². The van der Waals surface area contributed by atoms with Crippen LogP contribution in [0.15, 0.2) is 18.2 Å². The molecule has 0 amide bonds. The summed E-state index contributed by atoms with van der Waals surface area (Å²) in [5.41, 5.74) is -7.05. The smallest absolute Gasteiger partial charge is 0.469 e. The fourth-order valence-corrected chi connectivity index (χ4v) is 1.75. The molecule has 22 heavy (non-hydrogen) atoms. The number of methoxy groups -OCH3 is 1. The second kappa shape index (κ2) is 6.55. The van der Waals surface area contributed by atoms with Crippen LogP contribution in [0.3, 0.4) is 0 Å². The average molecular weight is 350 g/mol. The van der Waals surface area contributed by atoms with Crippen molar-refractivity contribution in [3.05, 3.63) is 29.3 Å². The van der Waals surface area contributed by atoms with Crippen molar-refractivity contribution in [2.24, 2.45) is 0 Å². The number of carbonyl (C=O) groups is 1. The van der Waals surface area contributed by atoms with Gasteiger partial charge in [-0.25, -0.2) is 4.21 Å². The second-order valence-electron chi connectivity index (χ2n) is 3.84. The van der Waals surface area contributed by atoms with Crippen LogP contribution >= 0.6 is 0 Å². The minimum atomic E-state index is -5.33. The third kappa shape index (κ3) is 4.90. The molecule has 0 aliphatic heterocycles. The highest BCUT2D eigenvalue weighted by Gasteiger charge is 2.42. The number of hydrogen-bond acceptors (Lipinski definition) is 4. The molecule has 0 aliphatic rings. The molecule has 1 atom stereocenters. The molecule has 11 heteroatoms. The van der Waals surface area contributed by atoms with E-state index in [0.29, 0.717) is 12.1 Å². The molecule has 1 aromatic rings. The number of alkyl halides is 6. The van der Waals surface area contributed by atoms with E-state index in [-0.39, 0.29) is 5.56 Å². The van der Waals surface area contributed by atoms with E-state index in [4.69, 9.17) is 0 Å². The average Bonchev–Trinajstić information content (AvgIpc) is 2.37. The van der Waals surface area contributed by atoms with Gasteiger partial charge in [0.2, 0.25) is 0 Å². The summed E-state index contributed by atoms with van der Waals surface area (Å²) < 4.78 is 93.6. The Morgan fingerprint density at radius 3 is 2.23 bits per heavy atom. The Bertz CT molecular complexity index is 581. The molecule has 0 saturated heterocycles. The van der Waals surface area contributed by atoms with E-state index in [1.54, 1.807) is 0 Å². The molecular formula is C11H8F6O4S. The van der Waals surface area contributed by atoms with Crippen molar-refractivity contribution in [3.8, 4) is 5.75 Å². The molecular weight excluding hydrogens is 342 g/mol. The molecule has 1 rings (SSSR count). The molecule has 124 valence electrons. The van der Waals surface area contributed by atoms with Gasteiger partial charge in [-0.3, -0.25) is 4.79 Å². The SMILES string of the molecule is COC(=O)Cc1ccc(OS(=O)C(F)(F)F)c(C(F)(F)F)c1. The van der Waals surface area contributed by atoms with Crippen LogP contribution in [-0.2, 0) is 33.2 Å². The number of hydrogen-bond donors (Lipinski definition) is 0. The summed E-state index contributed by atoms with van der Waals surface area (Å²) in [5.74, 6) is -2.09. The summed E-state index contributed by atoms with van der Waals surface area (Å²) in [6.45, 7) is 0. The largest absolute Gasteiger partial charge is 0.508 e. The summed E-state index contributed by atoms with van der Waals surface area (Å²) in [4.78, 5) is 11.0. The van der Waals surface area contributed by atoms with E-state index < -0.39 is 46.5 Å². The zero-order chi connectivity index (χ0) is 17.1. The highest BCUT2D eigenvalue weighted by molar-refractivity contribution is 7.81. The van der Waals surface area contributed by atoms with Crippen molar-refractivity contribution >= 4 is 17.0 Å². The third-order valence-electron chi connectivity index (χ3n) is 2.28. The fourth-order valence-electron chi connectivity index (χ4n) is 1.35. The van der Waals surface area contributed by atoms with Gasteiger partial charge in [-0.2, -0.15) is 26.3 Å². The summed E-state index contributed by atoms with van der Waals surface area (Å²) in [6.07, 6.45) is -5.57. The van der Waals surface area contributed by atoms with Gasteiger partial charge in [0.25, 0.3) is 0 Å². The van der Waals surface area contributed by atoms with Crippen LogP contribution in [0.25, 0.3) is 0 Å². The van der Waals surface area contributed by atoms with Crippen molar-refractivity contribution in [1.82, 2.24) is 0 Å². The van der Waals surface area contributed by atoms with Gasteiger partial charge in [0, 0.05) is 0 Å². The van der Waals surface area contributed by atoms with Crippen LogP contribution in [-0.4, -0.2) is 22.8 Å². The number of benzene rings is 1. The molecule has 0 heterocycles. The lowest BCUT2D eigenvalue weighted by atomic mass is 10.1. The van der Waals surface area contributed by atoms with Crippen molar-refractivity contribution < 1.29 is 44.3 Å². The second-order valence-corrected chi connectivity index (χ2v) is 4.94. The maximum Gasteiger partial charge on any atom is 0.508 e. The minimum absolute atomic E-state index is 0.149. The summed E-state index contributed by atoms with van der Waals surface area (Å²) in [6, 6.07) is 1.93.